The van der Waals surface area contributed by atoms with Crippen molar-refractivity contribution in [3.8, 4) is 0 Å². The van der Waals surface area contributed by atoms with Crippen LogP contribution in [-0.2, 0) is 33.3 Å². The normalized spacial score (nSPS) is 52.0. The van der Waals surface area contributed by atoms with E-state index in [9.17, 15) is 29.7 Å². The summed E-state index contributed by atoms with van der Waals surface area (Å²) in [5.41, 5.74) is -6.96. The van der Waals surface area contributed by atoms with Crippen LogP contribution in [0.5, 0.6) is 0 Å². The average Bonchev–Trinajstić information content (AvgIpc) is 3.59. The van der Waals surface area contributed by atoms with Crippen LogP contribution in [0.15, 0.2) is 11.1 Å². The second kappa shape index (κ2) is 8.62. The summed E-state index contributed by atoms with van der Waals surface area (Å²) in [5, 5.41) is 37.2. The van der Waals surface area contributed by atoms with Gasteiger partial charge in [0.2, 0.25) is 0 Å². The molecule has 2 heterocycles. The zero-order chi connectivity index (χ0) is 30.1. The summed E-state index contributed by atoms with van der Waals surface area (Å²) in [4.78, 5) is 38.7. The number of epoxide rings is 1. The summed E-state index contributed by atoms with van der Waals surface area (Å²) >= 11 is 0. The molecule has 228 valence electrons. The third-order valence-electron chi connectivity index (χ3n) is 13.0. The highest BCUT2D eigenvalue weighted by Crippen LogP contribution is 2.76. The highest BCUT2D eigenvalue weighted by atomic mass is 16.7. The van der Waals surface area contributed by atoms with Crippen molar-refractivity contribution in [1.29, 1.82) is 0 Å². The summed E-state index contributed by atoms with van der Waals surface area (Å²) in [6.45, 7) is 10.1. The monoisotopic (exact) mass is 576 g/mol. The number of rotatable bonds is 4. The van der Waals surface area contributed by atoms with Crippen LogP contribution in [0.1, 0.15) is 86.5 Å². The Bertz CT molecular complexity index is 1240. The predicted molar refractivity (Wildman–Crippen MR) is 143 cm³/mol. The predicted octanol–water partition coefficient (Wildman–Crippen LogP) is 2.14. The molecular weight excluding hydrogens is 532 g/mol. The summed E-state index contributed by atoms with van der Waals surface area (Å²) in [5.74, 6) is -1.73. The molecule has 0 bridgehead atoms. The van der Waals surface area contributed by atoms with Gasteiger partial charge in [-0.2, -0.15) is 0 Å². The van der Waals surface area contributed by atoms with Crippen LogP contribution < -0.4 is 0 Å². The summed E-state index contributed by atoms with van der Waals surface area (Å²) < 4.78 is 23.4. The zero-order valence-electron chi connectivity index (χ0n) is 25.1. The van der Waals surface area contributed by atoms with Crippen molar-refractivity contribution in [2.24, 2.45) is 22.7 Å². The first-order valence-electron chi connectivity index (χ1n) is 14.9. The fourth-order valence-electron chi connectivity index (χ4n) is 10.3. The van der Waals surface area contributed by atoms with Crippen molar-refractivity contribution in [2.45, 2.75) is 133 Å². The molecule has 0 radical (unpaired) electrons. The molecule has 1 saturated heterocycles. The molecule has 4 aliphatic carbocycles. The molecular formula is C31H44O10. The van der Waals surface area contributed by atoms with Crippen LogP contribution in [-0.4, -0.2) is 87.0 Å². The summed E-state index contributed by atoms with van der Waals surface area (Å²) in [6, 6.07) is 0. The van der Waals surface area contributed by atoms with Gasteiger partial charge >= 0.3 is 11.9 Å². The van der Waals surface area contributed by atoms with Crippen molar-refractivity contribution in [3.63, 3.8) is 0 Å². The van der Waals surface area contributed by atoms with Gasteiger partial charge in [0.05, 0.1) is 17.1 Å². The molecule has 6 aliphatic rings. The van der Waals surface area contributed by atoms with Gasteiger partial charge in [-0.05, 0) is 71.6 Å². The molecule has 4 saturated carbocycles. The van der Waals surface area contributed by atoms with E-state index in [0.29, 0.717) is 24.8 Å². The van der Waals surface area contributed by atoms with Gasteiger partial charge in [0.25, 0.3) is 0 Å². The Hall–Kier alpha value is -1.85. The molecule has 0 unspecified atom stereocenters. The van der Waals surface area contributed by atoms with Crippen molar-refractivity contribution in [3.05, 3.63) is 11.1 Å². The molecule has 0 aromatic heterocycles. The molecule has 41 heavy (non-hydrogen) atoms. The lowest BCUT2D eigenvalue weighted by Crippen LogP contribution is -2.75. The lowest BCUT2D eigenvalue weighted by Gasteiger charge is -2.64. The molecule has 0 amide bonds. The third-order valence-corrected chi connectivity index (χ3v) is 13.0. The molecule has 2 aliphatic heterocycles. The number of fused-ring (bicyclic) bond motifs is 4. The van der Waals surface area contributed by atoms with E-state index in [2.05, 4.69) is 0 Å². The largest absolute Gasteiger partial charge is 0.457 e. The smallest absolute Gasteiger partial charge is 0.334 e. The van der Waals surface area contributed by atoms with E-state index in [4.69, 9.17) is 18.9 Å². The van der Waals surface area contributed by atoms with Crippen molar-refractivity contribution >= 4 is 17.7 Å². The molecule has 5 fully saturated rings. The topological polar surface area (TPSA) is 152 Å². The average molecular weight is 577 g/mol. The Labute approximate surface area is 240 Å². The van der Waals surface area contributed by atoms with Gasteiger partial charge in [0.1, 0.15) is 34.8 Å². The maximum atomic E-state index is 14.0. The highest BCUT2D eigenvalue weighted by Gasteiger charge is 2.86. The second-order valence-corrected chi connectivity index (χ2v) is 14.3. The first kappa shape index (κ1) is 29.2. The molecule has 12 atom stereocenters. The van der Waals surface area contributed by atoms with Gasteiger partial charge < -0.3 is 34.3 Å². The quantitative estimate of drug-likeness (QED) is 0.335. The van der Waals surface area contributed by atoms with Crippen LogP contribution >= 0.6 is 0 Å². The molecule has 3 N–H and O–H groups in total. The maximum Gasteiger partial charge on any atom is 0.334 e. The lowest BCUT2D eigenvalue weighted by molar-refractivity contribution is -0.285. The van der Waals surface area contributed by atoms with Crippen molar-refractivity contribution in [2.75, 3.05) is 7.11 Å². The van der Waals surface area contributed by atoms with Crippen LogP contribution in [0.4, 0.5) is 0 Å². The Balaban J connectivity index is 1.37. The standard InChI is InChI=1S/C31H44O10/c1-15-12-22(40-25(34)16(15)2)28(6,35)30(37)11-10-29(36)19-13-23-31(41-23)24(39-17(3)32)20(38-7)14-21(33)27(31,5)18(19)8-9-26(29,30)4/h18-20,22-24,35-37H,8-14H2,1-7H3/t18-,19+,20-,22+,23+,24-,26-,27-,28-,29+,30-,31-/m0/s1. The van der Waals surface area contributed by atoms with Crippen LogP contribution in [0.3, 0.4) is 0 Å². The van der Waals surface area contributed by atoms with Crippen molar-refractivity contribution in [1.82, 2.24) is 0 Å². The number of carbonyl (C=O) groups is 3. The number of aliphatic hydroxyl groups is 3. The number of ether oxygens (including phenoxy) is 4. The number of esters is 2. The minimum absolute atomic E-state index is 0.0378. The minimum atomic E-state index is -1.85. The Morgan fingerprint density at radius 1 is 1.07 bits per heavy atom. The number of Topliss-reactive ketones (excluding diaryl/α,β-unsaturated/α-hetero) is 1. The minimum Gasteiger partial charge on any atom is -0.457 e. The summed E-state index contributed by atoms with van der Waals surface area (Å²) in [6.07, 6.45) is -0.848. The van der Waals surface area contributed by atoms with Gasteiger partial charge in [-0.15, -0.1) is 0 Å². The number of carbonyl (C=O) groups excluding carboxylic acids is 3. The van der Waals surface area contributed by atoms with E-state index >= 15 is 0 Å². The van der Waals surface area contributed by atoms with Crippen LogP contribution in [0.25, 0.3) is 0 Å². The van der Waals surface area contributed by atoms with Crippen LogP contribution in [0.2, 0.25) is 0 Å². The van der Waals surface area contributed by atoms with E-state index < -0.39 is 75.5 Å². The lowest BCUT2D eigenvalue weighted by atomic mass is 9.41. The third kappa shape index (κ3) is 3.23. The Morgan fingerprint density at radius 3 is 2.37 bits per heavy atom. The second-order valence-electron chi connectivity index (χ2n) is 14.3. The molecule has 0 aromatic rings. The number of methoxy groups -OCH3 is 1. The number of hydrogen-bond donors (Lipinski definition) is 3. The SMILES string of the molecule is CO[C@H]1CC(=O)[C@]2(C)[C@H]3CC[C@]4(C)[C@](O)([C@@](C)(O)[C@H]5CC(C)=C(C)C(=O)O5)CC[C@@]4(O)[C@@H]3C[C@H]3O[C@]32[C@H]1OC(C)=O. The molecule has 10 nitrogen and oxygen atoms in total. The highest BCUT2D eigenvalue weighted by molar-refractivity contribution is 5.90. The molecule has 0 aromatic carbocycles. The maximum absolute atomic E-state index is 14.0. The number of ketones is 1. The fraction of sp³-hybridized carbons (Fsp3) is 0.839. The zero-order valence-corrected chi connectivity index (χ0v) is 25.1. The number of hydrogen-bond acceptors (Lipinski definition) is 10. The van der Waals surface area contributed by atoms with Crippen molar-refractivity contribution < 1.29 is 48.7 Å². The van der Waals surface area contributed by atoms with Gasteiger partial charge in [0, 0.05) is 37.9 Å². The summed E-state index contributed by atoms with van der Waals surface area (Å²) in [7, 11) is 1.50. The first-order valence-corrected chi connectivity index (χ1v) is 14.9. The van der Waals surface area contributed by atoms with Gasteiger partial charge in [0.15, 0.2) is 6.10 Å². The van der Waals surface area contributed by atoms with E-state index in [1.807, 2.05) is 20.8 Å². The first-order chi connectivity index (χ1) is 19.0. The fourth-order valence-corrected chi connectivity index (χ4v) is 10.3. The number of cyclic esters (lactones) is 1. The van der Waals surface area contributed by atoms with Gasteiger partial charge in [-0.1, -0.05) is 12.5 Å². The Kier molecular flexibility index (Phi) is 6.15. The van der Waals surface area contributed by atoms with Crippen LogP contribution in [0, 0.1) is 22.7 Å². The van der Waals surface area contributed by atoms with Gasteiger partial charge in [-0.25, -0.2) is 4.79 Å². The van der Waals surface area contributed by atoms with E-state index in [1.54, 1.807) is 6.92 Å². The van der Waals surface area contributed by atoms with E-state index in [1.165, 1.54) is 21.0 Å². The molecule has 1 spiro atoms. The molecule has 10 heteroatoms. The molecule has 6 rings (SSSR count). The van der Waals surface area contributed by atoms with E-state index in [0.717, 1.165) is 5.57 Å². The van der Waals surface area contributed by atoms with E-state index in [-0.39, 0.29) is 37.4 Å². The van der Waals surface area contributed by atoms with Gasteiger partial charge in [-0.3, -0.25) is 9.59 Å². The Morgan fingerprint density at radius 2 is 1.76 bits per heavy atom.